The van der Waals surface area contributed by atoms with Crippen LogP contribution in [-0.2, 0) is 21.4 Å². The second-order valence-corrected chi connectivity index (χ2v) is 9.36. The maximum Gasteiger partial charge on any atom is 0.235 e. The summed E-state index contributed by atoms with van der Waals surface area (Å²) in [5, 5.41) is 2.77. The number of nitrogens with zero attached hydrogens (tertiary/aromatic N) is 2. The molecule has 27 heavy (non-hydrogen) atoms. The van der Waals surface area contributed by atoms with Crippen molar-refractivity contribution in [3.05, 3.63) is 35.6 Å². The van der Waals surface area contributed by atoms with Gasteiger partial charge in [-0.1, -0.05) is 25.1 Å². The first kappa shape index (κ1) is 21.8. The van der Waals surface area contributed by atoms with E-state index in [9.17, 15) is 17.6 Å². The Morgan fingerprint density at radius 1 is 1.37 bits per heavy atom. The van der Waals surface area contributed by atoms with E-state index in [0.717, 1.165) is 42.5 Å². The van der Waals surface area contributed by atoms with Gasteiger partial charge in [0, 0.05) is 25.2 Å². The van der Waals surface area contributed by atoms with E-state index < -0.39 is 15.8 Å². The molecule has 1 aliphatic rings. The van der Waals surface area contributed by atoms with Crippen molar-refractivity contribution < 1.29 is 17.6 Å². The van der Waals surface area contributed by atoms with Gasteiger partial charge >= 0.3 is 0 Å². The fraction of sp³-hybridized carbons (Fsp3) is 0.632. The van der Waals surface area contributed by atoms with Crippen LogP contribution in [0.25, 0.3) is 0 Å². The van der Waals surface area contributed by atoms with Crippen molar-refractivity contribution in [3.8, 4) is 0 Å². The zero-order valence-electron chi connectivity index (χ0n) is 16.2. The Morgan fingerprint density at radius 2 is 2.11 bits per heavy atom. The van der Waals surface area contributed by atoms with Gasteiger partial charge in [0.05, 0.1) is 12.8 Å². The SMILES string of the molecule is CC1CCCN(CCCNC(=O)CN(Cc2ccccc2F)S(C)(=O)=O)C1. The average molecular weight is 400 g/mol. The molecule has 1 unspecified atom stereocenters. The van der Waals surface area contributed by atoms with Gasteiger partial charge in [-0.05, 0) is 44.3 Å². The molecule has 1 aromatic rings. The first-order valence-corrected chi connectivity index (χ1v) is 11.3. The maximum absolute atomic E-state index is 13.8. The van der Waals surface area contributed by atoms with Crippen LogP contribution in [0.1, 0.15) is 31.7 Å². The van der Waals surface area contributed by atoms with Crippen molar-refractivity contribution in [1.82, 2.24) is 14.5 Å². The number of hydrogen-bond acceptors (Lipinski definition) is 4. The number of nitrogens with one attached hydrogen (secondary N) is 1. The van der Waals surface area contributed by atoms with Crippen LogP contribution in [0.2, 0.25) is 0 Å². The number of carbonyl (C=O) groups excluding carboxylic acids is 1. The quantitative estimate of drug-likeness (QED) is 0.643. The molecule has 0 aliphatic carbocycles. The van der Waals surface area contributed by atoms with E-state index >= 15 is 0 Å². The normalized spacial score (nSPS) is 18.6. The van der Waals surface area contributed by atoms with Crippen LogP contribution in [0.5, 0.6) is 0 Å². The van der Waals surface area contributed by atoms with Crippen LogP contribution in [-0.4, -0.2) is 62.5 Å². The van der Waals surface area contributed by atoms with Crippen LogP contribution >= 0.6 is 0 Å². The van der Waals surface area contributed by atoms with Gasteiger partial charge in [-0.15, -0.1) is 0 Å². The fourth-order valence-electron chi connectivity index (χ4n) is 3.34. The van der Waals surface area contributed by atoms with Crippen LogP contribution in [0.15, 0.2) is 24.3 Å². The lowest BCUT2D eigenvalue weighted by atomic mass is 10.0. The number of carbonyl (C=O) groups is 1. The molecule has 0 saturated carbocycles. The third-order valence-electron chi connectivity index (χ3n) is 4.81. The van der Waals surface area contributed by atoms with E-state index in [4.69, 9.17) is 0 Å². The Morgan fingerprint density at radius 3 is 2.78 bits per heavy atom. The van der Waals surface area contributed by atoms with Crippen molar-refractivity contribution in [3.63, 3.8) is 0 Å². The van der Waals surface area contributed by atoms with Crippen LogP contribution in [0.4, 0.5) is 4.39 Å². The predicted octanol–water partition coefficient (Wildman–Crippen LogP) is 1.83. The Hall–Kier alpha value is -1.51. The Balaban J connectivity index is 1.79. The molecule has 1 aromatic carbocycles. The average Bonchev–Trinajstić information content (AvgIpc) is 2.59. The van der Waals surface area contributed by atoms with Gasteiger partial charge in [0.1, 0.15) is 5.82 Å². The molecule has 1 amide bonds. The van der Waals surface area contributed by atoms with Gasteiger partial charge in [0.15, 0.2) is 0 Å². The van der Waals surface area contributed by atoms with E-state index in [2.05, 4.69) is 17.1 Å². The molecular formula is C19H30FN3O3S. The van der Waals surface area contributed by atoms with Crippen molar-refractivity contribution >= 4 is 15.9 Å². The Labute approximate surface area is 161 Å². The van der Waals surface area contributed by atoms with Crippen molar-refractivity contribution in [2.75, 3.05) is 39.0 Å². The number of hydrogen-bond donors (Lipinski definition) is 1. The minimum atomic E-state index is -3.63. The molecule has 0 radical (unpaired) electrons. The van der Waals surface area contributed by atoms with Crippen LogP contribution in [0, 0.1) is 11.7 Å². The number of halogens is 1. The first-order valence-electron chi connectivity index (χ1n) is 9.43. The lowest BCUT2D eigenvalue weighted by Gasteiger charge is -2.30. The zero-order valence-corrected chi connectivity index (χ0v) is 17.0. The van der Waals surface area contributed by atoms with Gasteiger partial charge in [-0.2, -0.15) is 4.31 Å². The number of sulfonamides is 1. The molecule has 1 aliphatic heterocycles. The molecular weight excluding hydrogens is 369 g/mol. The smallest absolute Gasteiger partial charge is 0.235 e. The van der Waals surface area contributed by atoms with Crippen LogP contribution in [0.3, 0.4) is 0 Å². The maximum atomic E-state index is 13.8. The standard InChI is InChI=1S/C19H30FN3O3S/c1-16-7-5-11-22(13-16)12-6-10-21-19(24)15-23(27(2,25)26)14-17-8-3-4-9-18(17)20/h3-4,8-9,16H,5-7,10-15H2,1-2H3,(H,21,24). The number of amides is 1. The summed E-state index contributed by atoms with van der Waals surface area (Å²) in [6.07, 6.45) is 4.34. The first-order chi connectivity index (χ1) is 12.8. The molecule has 1 heterocycles. The van der Waals surface area contributed by atoms with Crippen molar-refractivity contribution in [2.24, 2.45) is 5.92 Å². The Kier molecular flexibility index (Phi) is 8.19. The Bertz CT molecular complexity index is 727. The van der Waals surface area contributed by atoms with E-state index in [0.29, 0.717) is 6.54 Å². The summed E-state index contributed by atoms with van der Waals surface area (Å²) in [6.45, 7) is 5.40. The van der Waals surface area contributed by atoms with E-state index in [1.165, 1.54) is 25.0 Å². The lowest BCUT2D eigenvalue weighted by Crippen LogP contribution is -2.41. The van der Waals surface area contributed by atoms with Crippen molar-refractivity contribution in [2.45, 2.75) is 32.7 Å². The minimum absolute atomic E-state index is 0.162. The second kappa shape index (κ2) is 10.1. The molecule has 0 bridgehead atoms. The molecule has 0 spiro atoms. The third kappa shape index (κ3) is 7.56. The van der Waals surface area contributed by atoms with Crippen LogP contribution < -0.4 is 5.32 Å². The summed E-state index contributed by atoms with van der Waals surface area (Å²) in [5.74, 6) is -0.138. The van der Waals surface area contributed by atoms with Gasteiger partial charge in [-0.25, -0.2) is 12.8 Å². The van der Waals surface area contributed by atoms with Gasteiger partial charge in [-0.3, -0.25) is 4.79 Å². The van der Waals surface area contributed by atoms with Gasteiger partial charge < -0.3 is 10.2 Å². The summed E-state index contributed by atoms with van der Waals surface area (Å²) < 4.78 is 38.7. The highest BCUT2D eigenvalue weighted by Crippen LogP contribution is 2.15. The second-order valence-electron chi connectivity index (χ2n) is 7.37. The number of benzene rings is 1. The largest absolute Gasteiger partial charge is 0.355 e. The fourth-order valence-corrected chi connectivity index (χ4v) is 4.07. The predicted molar refractivity (Wildman–Crippen MR) is 104 cm³/mol. The molecule has 152 valence electrons. The third-order valence-corrected chi connectivity index (χ3v) is 6.00. The number of rotatable bonds is 9. The zero-order chi connectivity index (χ0) is 19.9. The summed E-state index contributed by atoms with van der Waals surface area (Å²) in [6, 6.07) is 5.97. The molecule has 1 N–H and O–H groups in total. The van der Waals surface area contributed by atoms with E-state index in [1.807, 2.05) is 0 Å². The monoisotopic (exact) mass is 399 g/mol. The van der Waals surface area contributed by atoms with Gasteiger partial charge in [0.25, 0.3) is 0 Å². The molecule has 0 aromatic heterocycles. The lowest BCUT2D eigenvalue weighted by molar-refractivity contribution is -0.121. The number of likely N-dealkylation sites (tertiary alicyclic amines) is 1. The molecule has 8 heteroatoms. The molecule has 1 saturated heterocycles. The summed E-state index contributed by atoms with van der Waals surface area (Å²) in [5.41, 5.74) is 0.245. The van der Waals surface area contributed by atoms with Gasteiger partial charge in [0.2, 0.25) is 15.9 Å². The highest BCUT2D eigenvalue weighted by molar-refractivity contribution is 7.88. The summed E-state index contributed by atoms with van der Waals surface area (Å²) in [7, 11) is -3.63. The minimum Gasteiger partial charge on any atom is -0.355 e. The molecule has 2 rings (SSSR count). The molecule has 1 fully saturated rings. The highest BCUT2D eigenvalue weighted by Gasteiger charge is 2.22. The molecule has 1 atom stereocenters. The molecule has 6 nitrogen and oxygen atoms in total. The van der Waals surface area contributed by atoms with Crippen molar-refractivity contribution in [1.29, 1.82) is 0 Å². The topological polar surface area (TPSA) is 69.7 Å². The summed E-state index contributed by atoms with van der Waals surface area (Å²) in [4.78, 5) is 14.6. The number of piperidine rings is 1. The van der Waals surface area contributed by atoms with E-state index in [-0.39, 0.29) is 24.6 Å². The van der Waals surface area contributed by atoms with E-state index in [1.54, 1.807) is 12.1 Å². The summed E-state index contributed by atoms with van der Waals surface area (Å²) >= 11 is 0. The highest BCUT2D eigenvalue weighted by atomic mass is 32.2.